The Hall–Kier alpha value is -1.91. The van der Waals surface area contributed by atoms with Gasteiger partial charge in [0.05, 0.1) is 6.61 Å². The predicted molar refractivity (Wildman–Crippen MR) is 112 cm³/mol. The molecule has 0 saturated carbocycles. The summed E-state index contributed by atoms with van der Waals surface area (Å²) in [5.41, 5.74) is 0. The number of hydrogen-bond acceptors (Lipinski definition) is 7. The second-order valence-electron chi connectivity index (χ2n) is 6.30. The third kappa shape index (κ3) is 5.33. The molecule has 0 atom stereocenters. The molecule has 8 nitrogen and oxygen atoms in total. The van der Waals surface area contributed by atoms with Gasteiger partial charge in [0.1, 0.15) is 28.6 Å². The lowest BCUT2D eigenvalue weighted by atomic mass is 10.3. The van der Waals surface area contributed by atoms with Crippen LogP contribution in [0.15, 0.2) is 40.0 Å². The summed E-state index contributed by atoms with van der Waals surface area (Å²) < 4.78 is 34.0. The molecule has 0 aliphatic carbocycles. The van der Waals surface area contributed by atoms with E-state index in [0.29, 0.717) is 29.2 Å². The standard InChI is InChI=1S/C18H24BrN5O3S/c1-2-27-15-6-5-14(19)11-16(15)28(25,26)23-8-7-20-17-12-18(22-13-21-17)24-9-3-4-10-24/h5-6,11-13,23H,2-4,7-10H2,1H3,(H,20,21,22). The number of nitrogens with one attached hydrogen (secondary N) is 2. The molecule has 0 spiro atoms. The number of benzene rings is 1. The van der Waals surface area contributed by atoms with Crippen LogP contribution in [0.25, 0.3) is 0 Å². The molecular formula is C18H24BrN5O3S. The molecule has 2 aromatic rings. The van der Waals surface area contributed by atoms with E-state index in [1.807, 2.05) is 13.0 Å². The van der Waals surface area contributed by atoms with Crippen LogP contribution < -0.4 is 19.7 Å². The average molecular weight is 470 g/mol. The first-order valence-electron chi connectivity index (χ1n) is 9.22. The molecule has 1 aromatic heterocycles. The van der Waals surface area contributed by atoms with Gasteiger partial charge in [-0.2, -0.15) is 0 Å². The highest BCUT2D eigenvalue weighted by molar-refractivity contribution is 9.10. The van der Waals surface area contributed by atoms with E-state index < -0.39 is 10.0 Å². The molecule has 1 saturated heterocycles. The molecule has 28 heavy (non-hydrogen) atoms. The topological polar surface area (TPSA) is 96.5 Å². The van der Waals surface area contributed by atoms with Crippen LogP contribution in [0.3, 0.4) is 0 Å². The van der Waals surface area contributed by atoms with Gasteiger partial charge in [-0.15, -0.1) is 0 Å². The minimum absolute atomic E-state index is 0.113. The van der Waals surface area contributed by atoms with Gasteiger partial charge in [0.15, 0.2) is 0 Å². The van der Waals surface area contributed by atoms with Gasteiger partial charge < -0.3 is 15.0 Å². The van der Waals surface area contributed by atoms with Crippen molar-refractivity contribution >= 4 is 37.6 Å². The van der Waals surface area contributed by atoms with E-state index in [1.54, 1.807) is 12.1 Å². The average Bonchev–Trinajstić information content (AvgIpc) is 3.22. The smallest absolute Gasteiger partial charge is 0.244 e. The Labute approximate surface area is 173 Å². The Balaban J connectivity index is 1.58. The molecule has 1 aliphatic rings. The summed E-state index contributed by atoms with van der Waals surface area (Å²) in [6.07, 6.45) is 3.87. The quantitative estimate of drug-likeness (QED) is 0.544. The zero-order valence-electron chi connectivity index (χ0n) is 15.7. The Morgan fingerprint density at radius 3 is 2.71 bits per heavy atom. The van der Waals surface area contributed by atoms with Crippen LogP contribution in [0.4, 0.5) is 11.6 Å². The first-order chi connectivity index (χ1) is 13.5. The third-order valence-corrected chi connectivity index (χ3v) is 6.28. The van der Waals surface area contributed by atoms with Crippen LogP contribution in [-0.4, -0.2) is 51.2 Å². The van der Waals surface area contributed by atoms with Crippen molar-refractivity contribution < 1.29 is 13.2 Å². The van der Waals surface area contributed by atoms with Crippen molar-refractivity contribution in [3.63, 3.8) is 0 Å². The Morgan fingerprint density at radius 2 is 1.96 bits per heavy atom. The van der Waals surface area contributed by atoms with Crippen molar-refractivity contribution in [3.05, 3.63) is 35.1 Å². The summed E-state index contributed by atoms with van der Waals surface area (Å²) in [6, 6.07) is 6.81. The fourth-order valence-electron chi connectivity index (χ4n) is 2.98. The number of hydrogen-bond donors (Lipinski definition) is 2. The van der Waals surface area contributed by atoms with Crippen molar-refractivity contribution in [3.8, 4) is 5.75 Å². The number of rotatable bonds is 9. The second kappa shape index (κ2) is 9.53. The number of aromatic nitrogens is 2. The molecule has 0 unspecified atom stereocenters. The second-order valence-corrected chi connectivity index (χ2v) is 8.96. The minimum Gasteiger partial charge on any atom is -0.492 e. The molecule has 0 amide bonds. The fraction of sp³-hybridized carbons (Fsp3) is 0.444. The van der Waals surface area contributed by atoms with Crippen molar-refractivity contribution in [2.24, 2.45) is 0 Å². The van der Waals surface area contributed by atoms with Crippen LogP contribution in [0.5, 0.6) is 5.75 Å². The van der Waals surface area contributed by atoms with Gasteiger partial charge in [-0.25, -0.2) is 23.1 Å². The van der Waals surface area contributed by atoms with Gasteiger partial charge in [0, 0.05) is 36.7 Å². The van der Waals surface area contributed by atoms with Gasteiger partial charge in [-0.1, -0.05) is 15.9 Å². The van der Waals surface area contributed by atoms with Crippen LogP contribution in [-0.2, 0) is 10.0 Å². The van der Waals surface area contributed by atoms with Crippen LogP contribution >= 0.6 is 15.9 Å². The Bertz CT molecular complexity index is 904. The van der Waals surface area contributed by atoms with Gasteiger partial charge in [-0.05, 0) is 38.0 Å². The highest BCUT2D eigenvalue weighted by atomic mass is 79.9. The first kappa shape index (κ1) is 20.8. The van der Waals surface area contributed by atoms with Crippen molar-refractivity contribution in [1.82, 2.24) is 14.7 Å². The van der Waals surface area contributed by atoms with E-state index in [0.717, 1.165) is 18.9 Å². The number of sulfonamides is 1. The minimum atomic E-state index is -3.70. The summed E-state index contributed by atoms with van der Waals surface area (Å²) in [4.78, 5) is 10.8. The molecule has 2 N–H and O–H groups in total. The summed E-state index contributed by atoms with van der Waals surface area (Å²) >= 11 is 3.31. The number of ether oxygens (including phenoxy) is 1. The molecule has 0 bridgehead atoms. The largest absolute Gasteiger partial charge is 0.492 e. The van der Waals surface area contributed by atoms with E-state index in [1.165, 1.54) is 25.2 Å². The lowest BCUT2D eigenvalue weighted by Gasteiger charge is -2.17. The molecule has 0 radical (unpaired) electrons. The number of nitrogens with zero attached hydrogens (tertiary/aromatic N) is 3. The van der Waals surface area contributed by atoms with Gasteiger partial charge in [0.2, 0.25) is 10.0 Å². The summed E-state index contributed by atoms with van der Waals surface area (Å²) in [5.74, 6) is 1.90. The summed E-state index contributed by atoms with van der Waals surface area (Å²) in [7, 11) is -3.70. The zero-order valence-corrected chi connectivity index (χ0v) is 18.1. The zero-order chi connectivity index (χ0) is 20.0. The SMILES string of the molecule is CCOc1ccc(Br)cc1S(=O)(=O)NCCNc1cc(N2CCCC2)ncn1. The lowest BCUT2D eigenvalue weighted by Crippen LogP contribution is -2.29. The van der Waals surface area contributed by atoms with E-state index in [9.17, 15) is 8.42 Å². The van der Waals surface area contributed by atoms with Crippen molar-refractivity contribution in [2.75, 3.05) is 43.0 Å². The van der Waals surface area contributed by atoms with Gasteiger partial charge in [-0.3, -0.25) is 0 Å². The predicted octanol–water partition coefficient (Wildman–Crippen LogP) is 2.63. The van der Waals surface area contributed by atoms with Crippen LogP contribution in [0, 0.1) is 0 Å². The van der Waals surface area contributed by atoms with Gasteiger partial charge in [0.25, 0.3) is 0 Å². The van der Waals surface area contributed by atoms with Gasteiger partial charge >= 0.3 is 0 Å². The maximum Gasteiger partial charge on any atom is 0.244 e. The fourth-order valence-corrected chi connectivity index (χ4v) is 4.70. The molecular weight excluding hydrogens is 446 g/mol. The van der Waals surface area contributed by atoms with E-state index in [-0.39, 0.29) is 11.4 Å². The Morgan fingerprint density at radius 1 is 1.18 bits per heavy atom. The monoisotopic (exact) mass is 469 g/mol. The third-order valence-electron chi connectivity index (χ3n) is 4.30. The lowest BCUT2D eigenvalue weighted by molar-refractivity contribution is 0.331. The molecule has 3 rings (SSSR count). The van der Waals surface area contributed by atoms with E-state index >= 15 is 0 Å². The first-order valence-corrected chi connectivity index (χ1v) is 11.5. The van der Waals surface area contributed by atoms with Crippen LogP contribution in [0.2, 0.25) is 0 Å². The summed E-state index contributed by atoms with van der Waals surface area (Å²) in [5, 5.41) is 3.14. The maximum atomic E-state index is 12.6. The van der Waals surface area contributed by atoms with Crippen molar-refractivity contribution in [1.29, 1.82) is 0 Å². The highest BCUT2D eigenvalue weighted by Crippen LogP contribution is 2.27. The van der Waals surface area contributed by atoms with E-state index in [4.69, 9.17) is 4.74 Å². The Kier molecular flexibility index (Phi) is 7.08. The number of halogens is 1. The number of anilines is 2. The van der Waals surface area contributed by atoms with Crippen LogP contribution in [0.1, 0.15) is 19.8 Å². The molecule has 1 aliphatic heterocycles. The summed E-state index contributed by atoms with van der Waals surface area (Å²) in [6.45, 7) is 4.82. The molecule has 1 aromatic carbocycles. The normalized spacial score (nSPS) is 14.3. The highest BCUT2D eigenvalue weighted by Gasteiger charge is 2.20. The molecule has 10 heteroatoms. The molecule has 1 fully saturated rings. The molecule has 2 heterocycles. The maximum absolute atomic E-state index is 12.6. The molecule has 152 valence electrons. The van der Waals surface area contributed by atoms with E-state index in [2.05, 4.69) is 40.8 Å². The van der Waals surface area contributed by atoms with Crippen molar-refractivity contribution in [2.45, 2.75) is 24.7 Å².